The summed E-state index contributed by atoms with van der Waals surface area (Å²) in [7, 11) is 2.21. The molecule has 0 aromatic heterocycles. The molecule has 4 unspecified atom stereocenters. The van der Waals surface area contributed by atoms with Crippen LogP contribution in [0.3, 0.4) is 0 Å². The molecule has 3 aromatic carbocycles. The molecule has 4 atom stereocenters. The molecule has 1 heterocycles. The van der Waals surface area contributed by atoms with Gasteiger partial charge < -0.3 is 10.1 Å². The number of benzene rings is 3. The number of hydrogen-bond donors (Lipinski definition) is 1. The van der Waals surface area contributed by atoms with E-state index in [0.717, 1.165) is 19.7 Å². The second kappa shape index (κ2) is 11.0. The summed E-state index contributed by atoms with van der Waals surface area (Å²) >= 11 is 0. The molecular weight excluding hydrogens is 416 g/mol. The van der Waals surface area contributed by atoms with Gasteiger partial charge in [-0.2, -0.15) is 0 Å². The lowest BCUT2D eigenvalue weighted by Crippen LogP contribution is -2.35. The van der Waals surface area contributed by atoms with Crippen molar-refractivity contribution >= 4 is 10.8 Å². The highest BCUT2D eigenvalue weighted by Crippen LogP contribution is 2.34. The van der Waals surface area contributed by atoms with Gasteiger partial charge >= 0.3 is 0 Å². The van der Waals surface area contributed by atoms with Crippen molar-refractivity contribution in [3.05, 3.63) is 83.4 Å². The zero-order valence-electron chi connectivity index (χ0n) is 20.9. The first-order valence-electron chi connectivity index (χ1n) is 13.3. The van der Waals surface area contributed by atoms with Crippen LogP contribution in [0.1, 0.15) is 74.1 Å². The third-order valence-electron chi connectivity index (χ3n) is 7.89. The Morgan fingerprint density at radius 3 is 2.59 bits per heavy atom. The van der Waals surface area contributed by atoms with Crippen LogP contribution in [0, 0.1) is 0 Å². The fraction of sp³-hybridized carbons (Fsp3) is 0.484. The average Bonchev–Trinajstić information content (AvgIpc) is 3.37. The summed E-state index contributed by atoms with van der Waals surface area (Å²) in [6, 6.07) is 25.8. The number of ether oxygens (including phenoxy) is 1. The zero-order valence-corrected chi connectivity index (χ0v) is 20.9. The van der Waals surface area contributed by atoms with E-state index in [1.807, 2.05) is 0 Å². The van der Waals surface area contributed by atoms with E-state index in [0.29, 0.717) is 24.1 Å². The van der Waals surface area contributed by atoms with Crippen LogP contribution in [0.25, 0.3) is 10.8 Å². The first kappa shape index (κ1) is 23.5. The topological polar surface area (TPSA) is 24.5 Å². The van der Waals surface area contributed by atoms with Gasteiger partial charge in [-0.3, -0.25) is 4.90 Å². The van der Waals surface area contributed by atoms with Crippen LogP contribution < -0.4 is 5.32 Å². The minimum atomic E-state index is 0.358. The minimum absolute atomic E-state index is 0.358. The Morgan fingerprint density at radius 1 is 0.941 bits per heavy atom. The molecule has 1 saturated heterocycles. The first-order valence-corrected chi connectivity index (χ1v) is 13.3. The number of nitrogens with zero attached hydrogens (tertiary/aromatic N) is 1. The molecule has 0 amide bonds. The first-order chi connectivity index (χ1) is 16.7. The molecule has 1 aliphatic carbocycles. The molecule has 1 N–H and O–H groups in total. The lowest BCUT2D eigenvalue weighted by atomic mass is 9.80. The van der Waals surface area contributed by atoms with Gasteiger partial charge in [0, 0.05) is 31.8 Å². The van der Waals surface area contributed by atoms with Crippen molar-refractivity contribution in [1.29, 1.82) is 0 Å². The maximum Gasteiger partial charge on any atom is 0.0702 e. The van der Waals surface area contributed by atoms with E-state index in [9.17, 15) is 0 Å². The Kier molecular flexibility index (Phi) is 7.63. The monoisotopic (exact) mass is 456 g/mol. The molecule has 1 saturated carbocycles. The average molecular weight is 457 g/mol. The molecule has 1 aliphatic heterocycles. The third kappa shape index (κ3) is 5.71. The molecule has 3 heteroatoms. The van der Waals surface area contributed by atoms with Gasteiger partial charge in [-0.05, 0) is 79.5 Å². The molecule has 180 valence electrons. The van der Waals surface area contributed by atoms with Crippen LogP contribution in [-0.2, 0) is 11.3 Å². The highest BCUT2D eigenvalue weighted by atomic mass is 16.5. The SMILES string of the molecule is CC(NC1CCCC(c2ccc(CN(C)CC3CCCO3)cc2)C1)c1cccc2ccccc12. The molecule has 0 radical (unpaired) electrons. The molecule has 3 nitrogen and oxygen atoms in total. The smallest absolute Gasteiger partial charge is 0.0702 e. The van der Waals surface area contributed by atoms with E-state index in [4.69, 9.17) is 4.74 Å². The highest BCUT2D eigenvalue weighted by molar-refractivity contribution is 5.86. The van der Waals surface area contributed by atoms with Gasteiger partial charge in [0.25, 0.3) is 0 Å². The summed E-state index contributed by atoms with van der Waals surface area (Å²) in [4.78, 5) is 2.40. The van der Waals surface area contributed by atoms with E-state index >= 15 is 0 Å². The van der Waals surface area contributed by atoms with Crippen LogP contribution >= 0.6 is 0 Å². The summed E-state index contributed by atoms with van der Waals surface area (Å²) in [6.45, 7) is 5.29. The number of nitrogens with one attached hydrogen (secondary N) is 1. The van der Waals surface area contributed by atoms with Crippen molar-refractivity contribution in [2.24, 2.45) is 0 Å². The van der Waals surface area contributed by atoms with Crippen LogP contribution in [-0.4, -0.2) is 37.2 Å². The maximum atomic E-state index is 5.80. The minimum Gasteiger partial charge on any atom is -0.377 e. The van der Waals surface area contributed by atoms with Gasteiger partial charge in [-0.1, -0.05) is 73.2 Å². The fourth-order valence-corrected chi connectivity index (χ4v) is 6.12. The van der Waals surface area contributed by atoms with Crippen LogP contribution in [0.4, 0.5) is 0 Å². The van der Waals surface area contributed by atoms with Gasteiger partial charge in [-0.25, -0.2) is 0 Å². The largest absolute Gasteiger partial charge is 0.377 e. The van der Waals surface area contributed by atoms with Crippen molar-refractivity contribution in [3.63, 3.8) is 0 Å². The van der Waals surface area contributed by atoms with E-state index in [-0.39, 0.29) is 0 Å². The predicted octanol–water partition coefficient (Wildman–Crippen LogP) is 6.83. The van der Waals surface area contributed by atoms with Gasteiger partial charge in [0.15, 0.2) is 0 Å². The summed E-state index contributed by atoms with van der Waals surface area (Å²) in [5.74, 6) is 0.657. The fourth-order valence-electron chi connectivity index (χ4n) is 6.12. The van der Waals surface area contributed by atoms with Gasteiger partial charge in [0.2, 0.25) is 0 Å². The quantitative estimate of drug-likeness (QED) is 0.402. The second-order valence-corrected chi connectivity index (χ2v) is 10.6. The number of rotatable bonds is 8. The summed E-state index contributed by atoms with van der Waals surface area (Å²) in [6.07, 6.45) is 7.96. The number of fused-ring (bicyclic) bond motifs is 1. The molecule has 2 aliphatic rings. The van der Waals surface area contributed by atoms with E-state index in [1.165, 1.54) is 66.0 Å². The number of hydrogen-bond acceptors (Lipinski definition) is 3. The molecule has 34 heavy (non-hydrogen) atoms. The Balaban J connectivity index is 1.18. The maximum absolute atomic E-state index is 5.80. The van der Waals surface area contributed by atoms with Crippen molar-refractivity contribution in [2.45, 2.75) is 76.1 Å². The normalized spacial score (nSPS) is 24.0. The molecule has 0 bridgehead atoms. The van der Waals surface area contributed by atoms with Crippen molar-refractivity contribution < 1.29 is 4.74 Å². The summed E-state index contributed by atoms with van der Waals surface area (Å²) in [5, 5.41) is 6.68. The van der Waals surface area contributed by atoms with E-state index in [2.05, 4.69) is 90.9 Å². The van der Waals surface area contributed by atoms with Crippen LogP contribution in [0.5, 0.6) is 0 Å². The standard InChI is InChI=1S/C31H40N2O/c1-23(30-14-6-9-26-8-3-4-13-31(26)30)32-28-11-5-10-27(20-28)25-17-15-24(16-18-25)21-33(2)22-29-12-7-19-34-29/h3-4,6,8-9,13-18,23,27-29,32H,5,7,10-12,19-22H2,1-2H3. The third-order valence-corrected chi connectivity index (χ3v) is 7.89. The Hall–Kier alpha value is -2.20. The van der Waals surface area contributed by atoms with Crippen LogP contribution in [0.2, 0.25) is 0 Å². The van der Waals surface area contributed by atoms with E-state index < -0.39 is 0 Å². The van der Waals surface area contributed by atoms with Gasteiger partial charge in [0.05, 0.1) is 6.10 Å². The van der Waals surface area contributed by atoms with E-state index in [1.54, 1.807) is 0 Å². The molecule has 5 rings (SSSR count). The Morgan fingerprint density at radius 2 is 1.76 bits per heavy atom. The molecule has 2 fully saturated rings. The van der Waals surface area contributed by atoms with Crippen LogP contribution in [0.15, 0.2) is 66.7 Å². The predicted molar refractivity (Wildman–Crippen MR) is 142 cm³/mol. The lowest BCUT2D eigenvalue weighted by Gasteiger charge is -2.33. The second-order valence-electron chi connectivity index (χ2n) is 10.6. The summed E-state index contributed by atoms with van der Waals surface area (Å²) < 4.78 is 5.80. The molecule has 3 aromatic rings. The van der Waals surface area contributed by atoms with Gasteiger partial charge in [0.1, 0.15) is 0 Å². The van der Waals surface area contributed by atoms with Gasteiger partial charge in [-0.15, -0.1) is 0 Å². The Bertz CT molecular complexity index is 1050. The van der Waals surface area contributed by atoms with Crippen molar-refractivity contribution in [2.75, 3.05) is 20.2 Å². The molecule has 0 spiro atoms. The number of likely N-dealkylation sites (N-methyl/N-ethyl adjacent to an activating group) is 1. The highest BCUT2D eigenvalue weighted by Gasteiger charge is 2.25. The van der Waals surface area contributed by atoms with Crippen molar-refractivity contribution in [3.8, 4) is 0 Å². The molecular formula is C31H40N2O. The zero-order chi connectivity index (χ0) is 23.3. The Labute approximate surface area is 205 Å². The summed E-state index contributed by atoms with van der Waals surface area (Å²) in [5.41, 5.74) is 4.32. The van der Waals surface area contributed by atoms with Crippen molar-refractivity contribution in [1.82, 2.24) is 10.2 Å². The lowest BCUT2D eigenvalue weighted by molar-refractivity contribution is 0.0793.